The number of nitrogens with two attached hydrogens (primary N) is 1. The van der Waals surface area contributed by atoms with Gasteiger partial charge in [0.1, 0.15) is 5.82 Å². The minimum atomic E-state index is -0.351. The number of para-hydroxylation sites is 1. The van der Waals surface area contributed by atoms with Gasteiger partial charge in [-0.1, -0.05) is 6.07 Å². The number of hydrogen-bond acceptors (Lipinski definition) is 3. The molecule has 2 aromatic carbocycles. The normalized spacial score (nSPS) is 10.4. The zero-order valence-corrected chi connectivity index (χ0v) is 11.7. The molecule has 2 N–H and O–H groups in total. The number of methoxy groups -OCH3 is 1. The van der Waals surface area contributed by atoms with Crippen molar-refractivity contribution in [1.29, 1.82) is 0 Å². The van der Waals surface area contributed by atoms with E-state index in [-0.39, 0.29) is 11.6 Å². The molecule has 20 heavy (non-hydrogen) atoms. The van der Waals surface area contributed by atoms with Crippen LogP contribution in [0.3, 0.4) is 0 Å². The van der Waals surface area contributed by atoms with E-state index in [2.05, 4.69) is 0 Å². The van der Waals surface area contributed by atoms with Crippen LogP contribution < -0.4 is 10.5 Å². The maximum Gasteiger partial charge on any atom is 0.197 e. The highest BCUT2D eigenvalue weighted by Crippen LogP contribution is 2.30. The summed E-state index contributed by atoms with van der Waals surface area (Å²) < 4.78 is 18.5. The summed E-state index contributed by atoms with van der Waals surface area (Å²) >= 11 is 0. The number of ether oxygens (including phenoxy) is 1. The van der Waals surface area contributed by atoms with Gasteiger partial charge in [0, 0.05) is 5.56 Å². The predicted octanol–water partition coefficient (Wildman–Crippen LogP) is 3.26. The molecule has 0 bridgehead atoms. The van der Waals surface area contributed by atoms with E-state index in [9.17, 15) is 9.18 Å². The summed E-state index contributed by atoms with van der Waals surface area (Å²) in [5, 5.41) is 0. The van der Waals surface area contributed by atoms with Crippen molar-refractivity contribution in [2.45, 2.75) is 13.8 Å². The van der Waals surface area contributed by atoms with Gasteiger partial charge in [-0.25, -0.2) is 4.39 Å². The zero-order valence-electron chi connectivity index (χ0n) is 11.7. The molecule has 0 aromatic heterocycles. The van der Waals surface area contributed by atoms with Gasteiger partial charge in [0.05, 0.1) is 18.4 Å². The second-order valence-corrected chi connectivity index (χ2v) is 4.67. The lowest BCUT2D eigenvalue weighted by Crippen LogP contribution is -2.09. The van der Waals surface area contributed by atoms with Gasteiger partial charge in [-0.15, -0.1) is 0 Å². The lowest BCUT2D eigenvalue weighted by atomic mass is 9.94. The summed E-state index contributed by atoms with van der Waals surface area (Å²) in [5.41, 5.74) is 8.26. The fourth-order valence-electron chi connectivity index (χ4n) is 2.36. The van der Waals surface area contributed by atoms with Crippen LogP contribution in [0.1, 0.15) is 27.0 Å². The first-order valence-corrected chi connectivity index (χ1v) is 6.19. The first-order valence-electron chi connectivity index (χ1n) is 6.19. The van der Waals surface area contributed by atoms with Gasteiger partial charge in [0.2, 0.25) is 0 Å². The van der Waals surface area contributed by atoms with E-state index in [4.69, 9.17) is 10.5 Å². The molecule has 0 amide bonds. The molecule has 0 fully saturated rings. The number of nitrogen functional groups attached to an aromatic ring is 1. The minimum Gasteiger partial charge on any atom is -0.494 e. The van der Waals surface area contributed by atoms with Gasteiger partial charge in [-0.2, -0.15) is 0 Å². The first kappa shape index (κ1) is 14.1. The van der Waals surface area contributed by atoms with Crippen LogP contribution >= 0.6 is 0 Å². The number of hydrogen-bond donors (Lipinski definition) is 1. The second kappa shape index (κ2) is 5.33. The molecular weight excluding hydrogens is 257 g/mol. The van der Waals surface area contributed by atoms with E-state index in [1.54, 1.807) is 32.0 Å². The summed E-state index contributed by atoms with van der Waals surface area (Å²) in [6.07, 6.45) is 0. The van der Waals surface area contributed by atoms with Crippen LogP contribution in [-0.4, -0.2) is 12.9 Å². The maximum atomic E-state index is 13.3. The van der Waals surface area contributed by atoms with Crippen molar-refractivity contribution in [2.75, 3.05) is 12.8 Å². The molecule has 104 valence electrons. The fourth-order valence-corrected chi connectivity index (χ4v) is 2.36. The molecule has 0 saturated carbocycles. The largest absolute Gasteiger partial charge is 0.494 e. The molecular formula is C16H16FNO2. The maximum absolute atomic E-state index is 13.3. The molecule has 0 aliphatic rings. The van der Waals surface area contributed by atoms with Gasteiger partial charge >= 0.3 is 0 Å². The van der Waals surface area contributed by atoms with Gasteiger partial charge in [-0.3, -0.25) is 4.79 Å². The fraction of sp³-hybridized carbons (Fsp3) is 0.188. The topological polar surface area (TPSA) is 52.3 Å². The Kier molecular flexibility index (Phi) is 3.74. The van der Waals surface area contributed by atoms with Crippen LogP contribution in [0.25, 0.3) is 0 Å². The molecule has 0 unspecified atom stereocenters. The quantitative estimate of drug-likeness (QED) is 0.689. The molecule has 0 atom stereocenters. The molecule has 4 heteroatoms. The van der Waals surface area contributed by atoms with Crippen molar-refractivity contribution in [3.05, 3.63) is 58.4 Å². The molecule has 0 aliphatic heterocycles. The molecule has 0 heterocycles. The molecule has 0 saturated heterocycles. The van der Waals surface area contributed by atoms with Crippen molar-refractivity contribution in [1.82, 2.24) is 0 Å². The van der Waals surface area contributed by atoms with Gasteiger partial charge < -0.3 is 10.5 Å². The highest BCUT2D eigenvalue weighted by atomic mass is 19.1. The summed E-state index contributed by atoms with van der Waals surface area (Å²) in [5.74, 6) is -0.221. The number of benzene rings is 2. The van der Waals surface area contributed by atoms with E-state index in [1.807, 2.05) is 0 Å². The molecule has 0 spiro atoms. The highest BCUT2D eigenvalue weighted by Gasteiger charge is 2.20. The van der Waals surface area contributed by atoms with Crippen molar-refractivity contribution in [2.24, 2.45) is 0 Å². The Balaban J connectivity index is 2.61. The van der Waals surface area contributed by atoms with Crippen molar-refractivity contribution in [3.8, 4) is 5.75 Å². The number of carbonyl (C=O) groups excluding carboxylic acids is 1. The zero-order chi connectivity index (χ0) is 14.9. The van der Waals surface area contributed by atoms with Crippen LogP contribution in [0, 0.1) is 19.7 Å². The Morgan fingerprint density at radius 1 is 1.20 bits per heavy atom. The number of aryl methyl sites for hydroxylation is 2. The third kappa shape index (κ3) is 2.37. The molecule has 2 rings (SSSR count). The van der Waals surface area contributed by atoms with Crippen LogP contribution in [-0.2, 0) is 0 Å². The Morgan fingerprint density at radius 2 is 1.80 bits per heavy atom. The number of halogens is 1. The summed E-state index contributed by atoms with van der Waals surface area (Å²) in [4.78, 5) is 12.7. The molecule has 3 nitrogen and oxygen atoms in total. The smallest absolute Gasteiger partial charge is 0.197 e. The highest BCUT2D eigenvalue weighted by molar-refractivity contribution is 6.13. The van der Waals surface area contributed by atoms with Crippen LogP contribution in [0.2, 0.25) is 0 Å². The number of rotatable bonds is 3. The second-order valence-electron chi connectivity index (χ2n) is 4.67. The number of ketones is 1. The number of anilines is 1. The third-order valence-electron chi connectivity index (χ3n) is 3.22. The lowest BCUT2D eigenvalue weighted by Gasteiger charge is -2.13. The standard InChI is InChI=1S/C16H16FNO2/c1-9-7-11(17)8-10(2)14(9)15(19)12-5-4-6-13(18)16(12)20-3/h4-8H,18H2,1-3H3. The van der Waals surface area contributed by atoms with Gasteiger partial charge in [0.25, 0.3) is 0 Å². The van der Waals surface area contributed by atoms with Crippen LogP contribution in [0.4, 0.5) is 10.1 Å². The Hall–Kier alpha value is -2.36. The predicted molar refractivity (Wildman–Crippen MR) is 76.7 cm³/mol. The monoisotopic (exact) mass is 273 g/mol. The molecule has 0 aliphatic carbocycles. The SMILES string of the molecule is COc1c(N)cccc1C(=O)c1c(C)cc(F)cc1C. The Bertz CT molecular complexity index is 657. The Morgan fingerprint density at radius 3 is 2.35 bits per heavy atom. The van der Waals surface area contributed by atoms with E-state index >= 15 is 0 Å². The third-order valence-corrected chi connectivity index (χ3v) is 3.22. The van der Waals surface area contributed by atoms with Crippen molar-refractivity contribution < 1.29 is 13.9 Å². The van der Waals surface area contributed by atoms with E-state index in [0.29, 0.717) is 33.7 Å². The van der Waals surface area contributed by atoms with Gasteiger partial charge in [0.15, 0.2) is 11.5 Å². The van der Waals surface area contributed by atoms with E-state index in [0.717, 1.165) is 0 Å². The average Bonchev–Trinajstić information content (AvgIpc) is 2.37. The molecule has 2 aromatic rings. The van der Waals surface area contributed by atoms with Gasteiger partial charge in [-0.05, 0) is 49.2 Å². The van der Waals surface area contributed by atoms with Crippen molar-refractivity contribution >= 4 is 11.5 Å². The minimum absolute atomic E-state index is 0.218. The van der Waals surface area contributed by atoms with E-state index in [1.165, 1.54) is 19.2 Å². The summed E-state index contributed by atoms with van der Waals surface area (Å²) in [7, 11) is 1.47. The summed E-state index contributed by atoms with van der Waals surface area (Å²) in [6.45, 7) is 3.42. The van der Waals surface area contributed by atoms with E-state index < -0.39 is 0 Å². The van der Waals surface area contributed by atoms with Crippen molar-refractivity contribution in [3.63, 3.8) is 0 Å². The summed E-state index contributed by atoms with van der Waals surface area (Å²) in [6, 6.07) is 7.71. The average molecular weight is 273 g/mol. The van der Waals surface area contributed by atoms with Crippen LogP contribution in [0.5, 0.6) is 5.75 Å². The lowest BCUT2D eigenvalue weighted by molar-refractivity contribution is 0.103. The Labute approximate surface area is 117 Å². The van der Waals surface area contributed by atoms with Crippen LogP contribution in [0.15, 0.2) is 30.3 Å². The number of carbonyl (C=O) groups is 1. The molecule has 0 radical (unpaired) electrons. The first-order chi connectivity index (χ1) is 9.45.